The Bertz CT molecular complexity index is 138. The van der Waals surface area contributed by atoms with Gasteiger partial charge >= 0.3 is 0 Å². The van der Waals surface area contributed by atoms with Gasteiger partial charge < -0.3 is 0 Å². The monoisotopic (exact) mass is 163 g/mol. The van der Waals surface area contributed by atoms with Crippen LogP contribution in [0.25, 0.3) is 0 Å². The van der Waals surface area contributed by atoms with E-state index in [1.165, 1.54) is 0 Å². The van der Waals surface area contributed by atoms with Gasteiger partial charge in [0, 0.05) is 5.88 Å². The third-order valence-electron chi connectivity index (χ3n) is 0.610. The summed E-state index contributed by atoms with van der Waals surface area (Å²) in [6.45, 7) is 3.22. The van der Waals surface area contributed by atoms with Crippen molar-refractivity contribution in [2.45, 2.75) is 0 Å². The lowest BCUT2D eigenvalue weighted by Crippen LogP contribution is -1.60. The van der Waals surface area contributed by atoms with Gasteiger partial charge in [0.25, 0.3) is 0 Å². The minimum Gasteiger partial charge on any atom is -0.252 e. The van der Waals surface area contributed by atoms with E-state index in [0.717, 1.165) is 0 Å². The lowest BCUT2D eigenvalue weighted by molar-refractivity contribution is 1.54. The molecule has 0 atom stereocenters. The number of hydrogen-bond donors (Lipinski definition) is 0. The molecule has 0 bridgehead atoms. The molecule has 0 aliphatic heterocycles. The van der Waals surface area contributed by atoms with Crippen LogP contribution >= 0.6 is 23.2 Å². The van der Waals surface area contributed by atoms with Gasteiger partial charge in [0.15, 0.2) is 0 Å². The molecule has 0 fully saturated rings. The molecule has 0 aliphatic carbocycles. The minimum absolute atomic E-state index is 0.372. The molecule has 50 valence electrons. The zero-order chi connectivity index (χ0) is 7.11. The van der Waals surface area contributed by atoms with E-state index < -0.39 is 0 Å². The summed E-state index contributed by atoms with van der Waals surface area (Å²) < 4.78 is 0. The standard InChI is InChI=1S/C6H7Cl2N/c1-9-6(8)4-2-3-5-7/h2-4H,1,5H2/b3-2-,6-4-. The van der Waals surface area contributed by atoms with Gasteiger partial charge in [0.2, 0.25) is 0 Å². The summed E-state index contributed by atoms with van der Waals surface area (Å²) in [5, 5.41) is 0.372. The van der Waals surface area contributed by atoms with Crippen molar-refractivity contribution in [3.05, 3.63) is 23.4 Å². The fourth-order valence-corrected chi connectivity index (χ4v) is 0.427. The van der Waals surface area contributed by atoms with Crippen LogP contribution in [-0.4, -0.2) is 12.6 Å². The molecular weight excluding hydrogens is 157 g/mol. The predicted octanol–water partition coefficient (Wildman–Crippen LogP) is 2.56. The SMILES string of the molecule is C=N/C(Cl)=C\C=C/CCl. The highest BCUT2D eigenvalue weighted by Crippen LogP contribution is 2.00. The smallest absolute Gasteiger partial charge is 0.128 e. The summed E-state index contributed by atoms with van der Waals surface area (Å²) in [5.41, 5.74) is 0. The van der Waals surface area contributed by atoms with E-state index in [1.54, 1.807) is 18.2 Å². The van der Waals surface area contributed by atoms with Crippen LogP contribution in [0.4, 0.5) is 0 Å². The number of rotatable bonds is 3. The molecule has 0 rings (SSSR count). The Morgan fingerprint density at radius 2 is 2.33 bits per heavy atom. The summed E-state index contributed by atoms with van der Waals surface area (Å²) in [4.78, 5) is 3.44. The Labute approximate surface area is 64.7 Å². The highest BCUT2D eigenvalue weighted by molar-refractivity contribution is 6.29. The van der Waals surface area contributed by atoms with Crippen molar-refractivity contribution in [2.24, 2.45) is 4.99 Å². The Morgan fingerprint density at radius 1 is 1.67 bits per heavy atom. The molecule has 0 aliphatic rings. The van der Waals surface area contributed by atoms with Crippen LogP contribution in [0.1, 0.15) is 0 Å². The lowest BCUT2D eigenvalue weighted by atomic mass is 10.5. The van der Waals surface area contributed by atoms with Gasteiger partial charge in [-0.2, -0.15) is 0 Å². The van der Waals surface area contributed by atoms with Gasteiger partial charge in [-0.15, -0.1) is 11.6 Å². The zero-order valence-electron chi connectivity index (χ0n) is 4.85. The van der Waals surface area contributed by atoms with Crippen molar-refractivity contribution in [1.82, 2.24) is 0 Å². The minimum atomic E-state index is 0.372. The second-order valence-corrected chi connectivity index (χ2v) is 1.93. The van der Waals surface area contributed by atoms with Gasteiger partial charge in [0.1, 0.15) is 5.16 Å². The Balaban J connectivity index is 3.68. The first kappa shape index (κ1) is 8.73. The van der Waals surface area contributed by atoms with E-state index >= 15 is 0 Å². The molecule has 0 heterocycles. The average Bonchev–Trinajstić information content (AvgIpc) is 1.89. The van der Waals surface area contributed by atoms with Crippen LogP contribution < -0.4 is 0 Å². The molecule has 1 nitrogen and oxygen atoms in total. The molecule has 0 unspecified atom stereocenters. The number of hydrogen-bond acceptors (Lipinski definition) is 1. The Morgan fingerprint density at radius 3 is 2.78 bits per heavy atom. The summed E-state index contributed by atoms with van der Waals surface area (Å²) in [5.74, 6) is 0.484. The van der Waals surface area contributed by atoms with Gasteiger partial charge in [-0.3, -0.25) is 4.99 Å². The van der Waals surface area contributed by atoms with Gasteiger partial charge in [0.05, 0.1) is 0 Å². The number of halogens is 2. The highest BCUT2D eigenvalue weighted by Gasteiger charge is 1.76. The van der Waals surface area contributed by atoms with E-state index in [1.807, 2.05) is 0 Å². The summed E-state index contributed by atoms with van der Waals surface area (Å²) in [6.07, 6.45) is 5.11. The average molecular weight is 164 g/mol. The van der Waals surface area contributed by atoms with E-state index in [0.29, 0.717) is 11.0 Å². The first-order chi connectivity index (χ1) is 4.31. The number of nitrogens with zero attached hydrogens (tertiary/aromatic N) is 1. The molecule has 0 saturated carbocycles. The van der Waals surface area contributed by atoms with Crippen molar-refractivity contribution in [3.63, 3.8) is 0 Å². The van der Waals surface area contributed by atoms with Crippen LogP contribution in [-0.2, 0) is 0 Å². The van der Waals surface area contributed by atoms with Crippen molar-refractivity contribution in [1.29, 1.82) is 0 Å². The van der Waals surface area contributed by atoms with Crippen LogP contribution in [0.3, 0.4) is 0 Å². The zero-order valence-corrected chi connectivity index (χ0v) is 6.36. The Hall–Kier alpha value is -0.270. The second-order valence-electron chi connectivity index (χ2n) is 1.23. The van der Waals surface area contributed by atoms with Crippen molar-refractivity contribution < 1.29 is 0 Å². The van der Waals surface area contributed by atoms with Gasteiger partial charge in [-0.05, 0) is 12.8 Å². The van der Waals surface area contributed by atoms with Gasteiger partial charge in [-0.1, -0.05) is 23.8 Å². The topological polar surface area (TPSA) is 12.4 Å². The maximum Gasteiger partial charge on any atom is 0.128 e. The third kappa shape index (κ3) is 5.60. The molecule has 0 aromatic carbocycles. The molecule has 9 heavy (non-hydrogen) atoms. The van der Waals surface area contributed by atoms with E-state index in [-0.39, 0.29) is 0 Å². The molecular formula is C6H7Cl2N. The summed E-state index contributed by atoms with van der Waals surface area (Å²) in [6, 6.07) is 0. The van der Waals surface area contributed by atoms with E-state index in [2.05, 4.69) is 11.7 Å². The molecule has 0 aromatic rings. The van der Waals surface area contributed by atoms with Crippen molar-refractivity contribution in [2.75, 3.05) is 5.88 Å². The first-order valence-corrected chi connectivity index (χ1v) is 3.27. The molecule has 3 heteroatoms. The van der Waals surface area contributed by atoms with Gasteiger partial charge in [-0.25, -0.2) is 0 Å². The van der Waals surface area contributed by atoms with Crippen molar-refractivity contribution in [3.8, 4) is 0 Å². The third-order valence-corrected chi connectivity index (χ3v) is 1.03. The predicted molar refractivity (Wildman–Crippen MR) is 43.3 cm³/mol. The lowest BCUT2D eigenvalue weighted by Gasteiger charge is -1.79. The molecule has 0 saturated heterocycles. The quantitative estimate of drug-likeness (QED) is 0.263. The molecule has 0 amide bonds. The fourth-order valence-electron chi connectivity index (χ4n) is 0.252. The van der Waals surface area contributed by atoms with Crippen molar-refractivity contribution >= 4 is 29.9 Å². The highest BCUT2D eigenvalue weighted by atomic mass is 35.5. The van der Waals surface area contributed by atoms with Crippen LogP contribution in [0.15, 0.2) is 28.4 Å². The molecule has 0 radical (unpaired) electrons. The second kappa shape index (κ2) is 5.86. The van der Waals surface area contributed by atoms with Crippen LogP contribution in [0, 0.1) is 0 Å². The van der Waals surface area contributed by atoms with Crippen LogP contribution in [0.2, 0.25) is 0 Å². The molecule has 0 aromatic heterocycles. The first-order valence-electron chi connectivity index (χ1n) is 2.36. The van der Waals surface area contributed by atoms with E-state index in [9.17, 15) is 0 Å². The fraction of sp³-hybridized carbons (Fsp3) is 0.167. The number of allylic oxidation sites excluding steroid dienone is 3. The molecule has 0 N–H and O–H groups in total. The molecule has 0 spiro atoms. The number of alkyl halides is 1. The van der Waals surface area contributed by atoms with E-state index in [4.69, 9.17) is 23.2 Å². The van der Waals surface area contributed by atoms with Crippen LogP contribution in [0.5, 0.6) is 0 Å². The Kier molecular flexibility index (Phi) is 5.68. The number of aliphatic imine (C=N–C) groups is 1. The summed E-state index contributed by atoms with van der Waals surface area (Å²) in [7, 11) is 0. The maximum atomic E-state index is 5.44. The maximum absolute atomic E-state index is 5.44. The normalized spacial score (nSPS) is 12.4. The largest absolute Gasteiger partial charge is 0.252 e. The summed E-state index contributed by atoms with van der Waals surface area (Å²) >= 11 is 10.8.